The molecule has 12 heteroatoms. The molecule has 3 amide bonds. The first kappa shape index (κ1) is 33.6. The van der Waals surface area contributed by atoms with Crippen molar-refractivity contribution >= 4 is 23.5 Å². The lowest BCUT2D eigenvalue weighted by Gasteiger charge is -2.35. The van der Waals surface area contributed by atoms with Gasteiger partial charge in [-0.15, -0.1) is 0 Å². The smallest absolute Gasteiger partial charge is 0.243 e. The third kappa shape index (κ3) is 8.05. The van der Waals surface area contributed by atoms with E-state index in [1.807, 2.05) is 29.2 Å². The van der Waals surface area contributed by atoms with Crippen molar-refractivity contribution in [3.63, 3.8) is 0 Å². The minimum absolute atomic E-state index is 0.0224. The molecule has 1 aromatic rings. The second kappa shape index (κ2) is 15.3. The first-order valence-corrected chi connectivity index (χ1v) is 17.1. The molecule has 0 aromatic heterocycles. The van der Waals surface area contributed by atoms with Crippen molar-refractivity contribution in [1.82, 2.24) is 20.9 Å². The average Bonchev–Trinajstić information content (AvgIpc) is 3.52. The van der Waals surface area contributed by atoms with Crippen LogP contribution in [0.3, 0.4) is 0 Å². The number of carbonyl (C=O) groups is 4. The number of benzene rings is 1. The van der Waals surface area contributed by atoms with E-state index in [0.717, 1.165) is 31.2 Å². The van der Waals surface area contributed by atoms with E-state index in [-0.39, 0.29) is 42.4 Å². The summed E-state index contributed by atoms with van der Waals surface area (Å²) in [5.41, 5.74) is 1.06. The Labute approximate surface area is 276 Å². The van der Waals surface area contributed by atoms with Crippen LogP contribution >= 0.6 is 0 Å². The second-order valence-corrected chi connectivity index (χ2v) is 13.5. The van der Waals surface area contributed by atoms with E-state index in [1.54, 1.807) is 7.11 Å². The Hall–Kier alpha value is -3.32. The van der Waals surface area contributed by atoms with Crippen LogP contribution in [0.2, 0.25) is 0 Å². The predicted octanol–water partition coefficient (Wildman–Crippen LogP) is 1.17. The number of hydrogen-bond acceptors (Lipinski definition) is 9. The lowest BCUT2D eigenvalue weighted by atomic mass is 9.88. The number of methoxy groups -OCH3 is 1. The third-order valence-corrected chi connectivity index (χ3v) is 10.3. The fourth-order valence-electron chi connectivity index (χ4n) is 7.27. The van der Waals surface area contributed by atoms with Gasteiger partial charge in [0.25, 0.3) is 0 Å². The number of ketones is 1. The molecule has 3 saturated heterocycles. The third-order valence-electron chi connectivity index (χ3n) is 10.3. The van der Waals surface area contributed by atoms with Gasteiger partial charge in [0.15, 0.2) is 5.78 Å². The molecule has 5 atom stereocenters. The Balaban J connectivity index is 1.21. The van der Waals surface area contributed by atoms with Crippen LogP contribution in [0.4, 0.5) is 0 Å². The summed E-state index contributed by atoms with van der Waals surface area (Å²) in [7, 11) is 1.59. The van der Waals surface area contributed by atoms with Gasteiger partial charge in [-0.2, -0.15) is 0 Å². The van der Waals surface area contributed by atoms with Crippen molar-refractivity contribution in [3.05, 3.63) is 41.5 Å². The topological polar surface area (TPSA) is 145 Å². The summed E-state index contributed by atoms with van der Waals surface area (Å²) in [6.07, 6.45) is 7.75. The fraction of sp³-hybridized carbons (Fsp3) is 0.657. The molecule has 1 aromatic carbocycles. The van der Waals surface area contributed by atoms with Gasteiger partial charge in [0, 0.05) is 43.9 Å². The molecule has 12 nitrogen and oxygen atoms in total. The SMILES string of the molecule is COc1ccc(C[C@H](NC(=O)[C@@H](NC(=O)CN2CCOCC2)C2COC2)C(=O)NC2(C(=O)C3CCOC3)C[C@H]2C2=CCCCC2)cc1. The molecule has 47 heavy (non-hydrogen) atoms. The number of Topliss-reactive ketones (excluding diaryl/α,β-unsaturated/α-hetero) is 1. The highest BCUT2D eigenvalue weighted by molar-refractivity contribution is 6.00. The van der Waals surface area contributed by atoms with Gasteiger partial charge < -0.3 is 34.9 Å². The highest BCUT2D eigenvalue weighted by Gasteiger charge is 2.63. The van der Waals surface area contributed by atoms with E-state index in [4.69, 9.17) is 18.9 Å². The van der Waals surface area contributed by atoms with Crippen molar-refractivity contribution in [2.75, 3.05) is 66.4 Å². The molecule has 0 radical (unpaired) electrons. The standard InChI is InChI=1S/C35H48N4O8/c1-44-27-9-7-23(8-10-27)17-29(36-34(43)31(26-21-47-22-26)37-30(40)19-39-12-15-45-16-13-39)33(42)38-35(32(41)25-11-14-46-20-25)18-28(35)24-5-3-2-4-6-24/h5,7-10,25-26,28-29,31H,2-4,6,11-22H2,1H3,(H,36,43)(H,37,40)(H,38,42)/t25?,28-,29-,31-,35?/m0/s1. The van der Waals surface area contributed by atoms with Gasteiger partial charge in [-0.25, -0.2) is 0 Å². The molecule has 3 heterocycles. The molecule has 256 valence electrons. The van der Waals surface area contributed by atoms with E-state index < -0.39 is 29.4 Å². The van der Waals surface area contributed by atoms with Gasteiger partial charge in [-0.3, -0.25) is 24.1 Å². The predicted molar refractivity (Wildman–Crippen MR) is 172 cm³/mol. The zero-order chi connectivity index (χ0) is 32.8. The lowest BCUT2D eigenvalue weighted by Crippen LogP contribution is -2.62. The number of carbonyl (C=O) groups excluding carboxylic acids is 4. The number of nitrogens with zero attached hydrogens (tertiary/aromatic N) is 1. The first-order chi connectivity index (χ1) is 22.9. The summed E-state index contributed by atoms with van der Waals surface area (Å²) < 4.78 is 21.6. The van der Waals surface area contributed by atoms with E-state index in [1.165, 1.54) is 5.57 Å². The molecule has 4 fully saturated rings. The second-order valence-electron chi connectivity index (χ2n) is 13.5. The Morgan fingerprint density at radius 3 is 2.38 bits per heavy atom. The molecule has 2 unspecified atom stereocenters. The largest absolute Gasteiger partial charge is 0.497 e. The number of morpholine rings is 1. The van der Waals surface area contributed by atoms with E-state index in [9.17, 15) is 19.2 Å². The van der Waals surface area contributed by atoms with Crippen molar-refractivity contribution in [1.29, 1.82) is 0 Å². The maximum Gasteiger partial charge on any atom is 0.243 e. The van der Waals surface area contributed by atoms with Crippen molar-refractivity contribution in [2.24, 2.45) is 17.8 Å². The van der Waals surface area contributed by atoms with Crippen molar-refractivity contribution in [3.8, 4) is 5.75 Å². The minimum atomic E-state index is -1.00. The van der Waals surface area contributed by atoms with Gasteiger partial charge in [-0.1, -0.05) is 23.8 Å². The van der Waals surface area contributed by atoms with Gasteiger partial charge in [0.1, 0.15) is 23.4 Å². The molecular weight excluding hydrogens is 604 g/mol. The first-order valence-electron chi connectivity index (χ1n) is 17.1. The van der Waals surface area contributed by atoms with Crippen LogP contribution in [0.15, 0.2) is 35.9 Å². The lowest BCUT2D eigenvalue weighted by molar-refractivity contribution is -0.139. The molecule has 3 N–H and O–H groups in total. The summed E-state index contributed by atoms with van der Waals surface area (Å²) in [5.74, 6) is -0.946. The fourth-order valence-corrected chi connectivity index (χ4v) is 7.27. The molecule has 5 aliphatic rings. The number of amides is 3. The van der Waals surface area contributed by atoms with Crippen LogP contribution in [-0.4, -0.2) is 112 Å². The molecule has 6 rings (SSSR count). The van der Waals surface area contributed by atoms with Crippen LogP contribution in [-0.2, 0) is 39.8 Å². The number of allylic oxidation sites excluding steroid dienone is 1. The highest BCUT2D eigenvalue weighted by Crippen LogP contribution is 2.53. The van der Waals surface area contributed by atoms with Crippen LogP contribution < -0.4 is 20.7 Å². The molecule has 0 bridgehead atoms. The zero-order valence-electron chi connectivity index (χ0n) is 27.3. The number of ether oxygens (including phenoxy) is 4. The zero-order valence-corrected chi connectivity index (χ0v) is 27.3. The number of rotatable bonds is 14. The Morgan fingerprint density at radius 1 is 0.957 bits per heavy atom. The van der Waals surface area contributed by atoms with E-state index in [0.29, 0.717) is 71.3 Å². The normalized spacial score (nSPS) is 27.5. The monoisotopic (exact) mass is 652 g/mol. The van der Waals surface area contributed by atoms with Crippen LogP contribution in [0.5, 0.6) is 5.75 Å². The number of hydrogen-bond donors (Lipinski definition) is 3. The van der Waals surface area contributed by atoms with Gasteiger partial charge >= 0.3 is 0 Å². The highest BCUT2D eigenvalue weighted by atomic mass is 16.5. The molecule has 1 saturated carbocycles. The van der Waals surface area contributed by atoms with Gasteiger partial charge in [-0.05, 0) is 56.2 Å². The van der Waals surface area contributed by atoms with E-state index >= 15 is 0 Å². The summed E-state index contributed by atoms with van der Waals surface area (Å²) >= 11 is 0. The van der Waals surface area contributed by atoms with Gasteiger partial charge in [0.05, 0.1) is 46.7 Å². The maximum atomic E-state index is 14.3. The Morgan fingerprint density at radius 2 is 1.74 bits per heavy atom. The summed E-state index contributed by atoms with van der Waals surface area (Å²) in [4.78, 5) is 57.3. The molecular formula is C35H48N4O8. The molecule has 3 aliphatic heterocycles. The Bertz CT molecular complexity index is 1320. The van der Waals surface area contributed by atoms with Crippen molar-refractivity contribution < 1.29 is 38.1 Å². The average molecular weight is 653 g/mol. The molecule has 2 aliphatic carbocycles. The molecule has 0 spiro atoms. The summed E-state index contributed by atoms with van der Waals surface area (Å²) in [5, 5.41) is 9.06. The van der Waals surface area contributed by atoms with Crippen LogP contribution in [0, 0.1) is 17.8 Å². The van der Waals surface area contributed by atoms with Crippen molar-refractivity contribution in [2.45, 2.75) is 62.6 Å². The van der Waals surface area contributed by atoms with Crippen LogP contribution in [0.1, 0.15) is 44.1 Å². The summed E-state index contributed by atoms with van der Waals surface area (Å²) in [6, 6.07) is 5.48. The quantitative estimate of drug-likeness (QED) is 0.252. The summed E-state index contributed by atoms with van der Waals surface area (Å²) in [6.45, 7) is 4.14. The van der Waals surface area contributed by atoms with E-state index in [2.05, 4.69) is 22.0 Å². The Kier molecular flexibility index (Phi) is 10.9. The number of nitrogens with one attached hydrogen (secondary N) is 3. The van der Waals surface area contributed by atoms with Crippen LogP contribution in [0.25, 0.3) is 0 Å². The minimum Gasteiger partial charge on any atom is -0.497 e. The van der Waals surface area contributed by atoms with Gasteiger partial charge in [0.2, 0.25) is 17.7 Å². The maximum absolute atomic E-state index is 14.3.